The van der Waals surface area contributed by atoms with E-state index in [1.54, 1.807) is 11.3 Å². The number of nitrogens with zero attached hydrogens (tertiary/aromatic N) is 2. The summed E-state index contributed by atoms with van der Waals surface area (Å²) >= 11 is 1.78. The van der Waals surface area contributed by atoms with Crippen LogP contribution in [-0.2, 0) is 13.0 Å². The van der Waals surface area contributed by atoms with Crippen LogP contribution in [0.5, 0.6) is 0 Å². The first-order valence-electron chi connectivity index (χ1n) is 8.76. The van der Waals surface area contributed by atoms with E-state index in [1.807, 2.05) is 6.07 Å². The van der Waals surface area contributed by atoms with E-state index in [0.717, 1.165) is 49.8 Å². The molecule has 0 fully saturated rings. The summed E-state index contributed by atoms with van der Waals surface area (Å²) in [5, 5.41) is 12.9. The second-order valence-corrected chi connectivity index (χ2v) is 6.72. The predicted octanol–water partition coefficient (Wildman–Crippen LogP) is 3.94. The van der Waals surface area contributed by atoms with E-state index in [-0.39, 0.29) is 0 Å². The van der Waals surface area contributed by atoms with Crippen LogP contribution in [0.4, 0.5) is 0 Å². The Balaban J connectivity index is 1.87. The molecule has 0 aliphatic carbocycles. The molecule has 24 heavy (non-hydrogen) atoms. The Morgan fingerprint density at radius 1 is 1.29 bits per heavy atom. The highest BCUT2D eigenvalue weighted by Gasteiger charge is 2.12. The number of guanidine groups is 1. The number of thiophene rings is 1. The molecule has 0 unspecified atom stereocenters. The Labute approximate surface area is 148 Å². The Kier molecular flexibility index (Phi) is 7.82. The van der Waals surface area contributed by atoms with Crippen LogP contribution in [0.1, 0.15) is 55.9 Å². The van der Waals surface area contributed by atoms with Crippen molar-refractivity contribution in [1.82, 2.24) is 15.8 Å². The molecular weight excluding hydrogens is 320 g/mol. The lowest BCUT2D eigenvalue weighted by Crippen LogP contribution is -2.38. The summed E-state index contributed by atoms with van der Waals surface area (Å²) in [6, 6.07) is 6.28. The first kappa shape index (κ1) is 18.5. The van der Waals surface area contributed by atoms with Crippen molar-refractivity contribution in [2.75, 3.05) is 13.1 Å². The number of hydrogen-bond acceptors (Lipinski definition) is 4. The first-order valence-corrected chi connectivity index (χ1v) is 9.64. The van der Waals surface area contributed by atoms with Crippen molar-refractivity contribution in [3.8, 4) is 0 Å². The lowest BCUT2D eigenvalue weighted by molar-refractivity contribution is 0.372. The molecule has 2 heterocycles. The van der Waals surface area contributed by atoms with Crippen molar-refractivity contribution in [2.24, 2.45) is 4.99 Å². The first-order chi connectivity index (χ1) is 11.8. The van der Waals surface area contributed by atoms with Crippen LogP contribution in [0.15, 0.2) is 33.1 Å². The van der Waals surface area contributed by atoms with Crippen LogP contribution >= 0.6 is 11.3 Å². The minimum Gasteiger partial charge on any atom is -0.359 e. The van der Waals surface area contributed by atoms with Gasteiger partial charge in [-0.2, -0.15) is 0 Å². The summed E-state index contributed by atoms with van der Waals surface area (Å²) in [6.07, 6.45) is 3.17. The Bertz CT molecular complexity index is 602. The fourth-order valence-electron chi connectivity index (χ4n) is 2.56. The van der Waals surface area contributed by atoms with Gasteiger partial charge in [-0.1, -0.05) is 25.1 Å². The standard InChI is InChI=1S/C18H28N4OS/c1-4-14(5-2)17-12-15(23-22-17)13-21-18(19-6-3)20-10-9-16-8-7-11-24-16/h7-8,11-12,14H,4-6,9-10,13H2,1-3H3,(H2,19,20,21). The zero-order valence-electron chi connectivity index (χ0n) is 14.8. The third-order valence-corrected chi connectivity index (χ3v) is 4.90. The van der Waals surface area contributed by atoms with Gasteiger partial charge in [-0.25, -0.2) is 4.99 Å². The molecule has 0 aromatic carbocycles. The van der Waals surface area contributed by atoms with Gasteiger partial charge in [0.2, 0.25) is 0 Å². The van der Waals surface area contributed by atoms with Crippen LogP contribution in [0.25, 0.3) is 0 Å². The van der Waals surface area contributed by atoms with Crippen molar-refractivity contribution < 1.29 is 4.52 Å². The van der Waals surface area contributed by atoms with Gasteiger partial charge in [0.1, 0.15) is 6.54 Å². The summed E-state index contributed by atoms with van der Waals surface area (Å²) in [7, 11) is 0. The average molecular weight is 349 g/mol. The summed E-state index contributed by atoms with van der Waals surface area (Å²) in [5.41, 5.74) is 1.04. The molecule has 0 atom stereocenters. The van der Waals surface area contributed by atoms with Crippen LogP contribution in [0, 0.1) is 0 Å². The molecule has 5 nitrogen and oxygen atoms in total. The molecule has 0 spiro atoms. The number of aromatic nitrogens is 1. The third kappa shape index (κ3) is 5.67. The molecule has 0 saturated heterocycles. The molecular formula is C18H28N4OS. The lowest BCUT2D eigenvalue weighted by Gasteiger charge is -2.10. The van der Waals surface area contributed by atoms with E-state index in [9.17, 15) is 0 Å². The summed E-state index contributed by atoms with van der Waals surface area (Å²) in [4.78, 5) is 5.97. The monoisotopic (exact) mass is 348 g/mol. The molecule has 6 heteroatoms. The van der Waals surface area contributed by atoms with Crippen molar-refractivity contribution in [2.45, 2.75) is 52.5 Å². The van der Waals surface area contributed by atoms with Crippen LogP contribution in [0.3, 0.4) is 0 Å². The van der Waals surface area contributed by atoms with E-state index in [0.29, 0.717) is 12.5 Å². The highest BCUT2D eigenvalue weighted by Crippen LogP contribution is 2.22. The third-order valence-electron chi connectivity index (χ3n) is 3.96. The molecule has 0 radical (unpaired) electrons. The number of nitrogens with one attached hydrogen (secondary N) is 2. The van der Waals surface area contributed by atoms with Gasteiger partial charge in [0.15, 0.2) is 11.7 Å². The quantitative estimate of drug-likeness (QED) is 0.532. The number of aliphatic imine (C=N–C) groups is 1. The van der Waals surface area contributed by atoms with Gasteiger partial charge in [-0.05, 0) is 37.6 Å². The van der Waals surface area contributed by atoms with Gasteiger partial charge in [-0.15, -0.1) is 11.3 Å². The molecule has 132 valence electrons. The molecule has 0 aliphatic rings. The van der Waals surface area contributed by atoms with Gasteiger partial charge in [0.05, 0.1) is 5.69 Å². The van der Waals surface area contributed by atoms with E-state index in [1.165, 1.54) is 4.88 Å². The molecule has 0 aliphatic heterocycles. The molecule has 2 rings (SSSR count). The SMILES string of the molecule is CCNC(=NCc1cc(C(CC)CC)no1)NCCc1cccs1. The second-order valence-electron chi connectivity index (χ2n) is 5.68. The molecule has 0 saturated carbocycles. The Hall–Kier alpha value is -1.82. The Morgan fingerprint density at radius 3 is 2.79 bits per heavy atom. The number of hydrogen-bond donors (Lipinski definition) is 2. The topological polar surface area (TPSA) is 62.5 Å². The van der Waals surface area contributed by atoms with Crippen molar-refractivity contribution in [3.05, 3.63) is 39.9 Å². The maximum Gasteiger partial charge on any atom is 0.191 e. The van der Waals surface area contributed by atoms with Crippen molar-refractivity contribution in [1.29, 1.82) is 0 Å². The van der Waals surface area contributed by atoms with Crippen LogP contribution < -0.4 is 10.6 Å². The van der Waals surface area contributed by atoms with Gasteiger partial charge in [0.25, 0.3) is 0 Å². The van der Waals surface area contributed by atoms with Gasteiger partial charge in [-0.3, -0.25) is 0 Å². The highest BCUT2D eigenvalue weighted by atomic mass is 32.1. The smallest absolute Gasteiger partial charge is 0.191 e. The van der Waals surface area contributed by atoms with Crippen LogP contribution in [-0.4, -0.2) is 24.2 Å². The second kappa shape index (κ2) is 10.1. The van der Waals surface area contributed by atoms with Crippen molar-refractivity contribution in [3.63, 3.8) is 0 Å². The maximum absolute atomic E-state index is 5.43. The molecule has 2 N–H and O–H groups in total. The normalized spacial score (nSPS) is 11.9. The van der Waals surface area contributed by atoms with Gasteiger partial charge >= 0.3 is 0 Å². The summed E-state index contributed by atoms with van der Waals surface area (Å²) < 4.78 is 5.43. The summed E-state index contributed by atoms with van der Waals surface area (Å²) in [6.45, 7) is 8.63. The summed E-state index contributed by atoms with van der Waals surface area (Å²) in [5.74, 6) is 2.10. The van der Waals surface area contributed by atoms with E-state index >= 15 is 0 Å². The minimum absolute atomic E-state index is 0.476. The minimum atomic E-state index is 0.476. The lowest BCUT2D eigenvalue weighted by atomic mass is 9.99. The zero-order valence-corrected chi connectivity index (χ0v) is 15.7. The largest absolute Gasteiger partial charge is 0.359 e. The van der Waals surface area contributed by atoms with E-state index in [2.05, 4.69) is 59.1 Å². The van der Waals surface area contributed by atoms with Gasteiger partial charge in [0, 0.05) is 30.0 Å². The van der Waals surface area contributed by atoms with Crippen LogP contribution in [0.2, 0.25) is 0 Å². The fraction of sp³-hybridized carbons (Fsp3) is 0.556. The van der Waals surface area contributed by atoms with E-state index < -0.39 is 0 Å². The molecule has 0 amide bonds. The zero-order chi connectivity index (χ0) is 17.2. The Morgan fingerprint density at radius 2 is 2.12 bits per heavy atom. The molecule has 2 aromatic rings. The van der Waals surface area contributed by atoms with E-state index in [4.69, 9.17) is 4.52 Å². The number of rotatable bonds is 9. The highest BCUT2D eigenvalue weighted by molar-refractivity contribution is 7.09. The molecule has 0 bridgehead atoms. The maximum atomic E-state index is 5.43. The average Bonchev–Trinajstić information content (AvgIpc) is 3.26. The van der Waals surface area contributed by atoms with Gasteiger partial charge < -0.3 is 15.2 Å². The fourth-order valence-corrected chi connectivity index (χ4v) is 3.27. The molecule has 2 aromatic heterocycles. The van der Waals surface area contributed by atoms with Crippen molar-refractivity contribution >= 4 is 17.3 Å². The predicted molar refractivity (Wildman–Crippen MR) is 101 cm³/mol.